The summed E-state index contributed by atoms with van der Waals surface area (Å²) < 4.78 is 5.13. The smallest absolute Gasteiger partial charge is 0.218 e. The first-order valence-corrected chi connectivity index (χ1v) is 6.90. The Labute approximate surface area is 113 Å². The van der Waals surface area contributed by atoms with Crippen LogP contribution in [0.2, 0.25) is 0 Å². The molecule has 4 nitrogen and oxygen atoms in total. The second kappa shape index (κ2) is 6.23. The molecule has 2 unspecified atom stereocenters. The molecule has 18 heavy (non-hydrogen) atoms. The lowest BCUT2D eigenvalue weighted by Crippen LogP contribution is -2.27. The van der Waals surface area contributed by atoms with Gasteiger partial charge in [-0.15, -0.1) is 11.6 Å². The van der Waals surface area contributed by atoms with E-state index < -0.39 is 0 Å². The van der Waals surface area contributed by atoms with Crippen molar-refractivity contribution >= 4 is 17.4 Å². The average molecular weight is 270 g/mol. The van der Waals surface area contributed by atoms with Crippen molar-refractivity contribution < 1.29 is 4.74 Å². The second-order valence-electron chi connectivity index (χ2n) is 4.78. The van der Waals surface area contributed by atoms with Crippen molar-refractivity contribution in [3.05, 3.63) is 11.9 Å². The van der Waals surface area contributed by atoms with Crippen LogP contribution in [-0.2, 0) is 0 Å². The Morgan fingerprint density at radius 1 is 1.39 bits per heavy atom. The molecule has 0 bridgehead atoms. The minimum atomic E-state index is 0.288. The molecule has 1 aliphatic rings. The highest BCUT2D eigenvalue weighted by Gasteiger charge is 2.22. The van der Waals surface area contributed by atoms with Gasteiger partial charge in [-0.05, 0) is 25.7 Å². The van der Waals surface area contributed by atoms with E-state index in [1.807, 2.05) is 13.0 Å². The number of anilines is 1. The molecule has 0 amide bonds. The van der Waals surface area contributed by atoms with Crippen LogP contribution in [0.15, 0.2) is 6.07 Å². The van der Waals surface area contributed by atoms with Gasteiger partial charge < -0.3 is 10.1 Å². The van der Waals surface area contributed by atoms with E-state index in [2.05, 4.69) is 15.3 Å². The fraction of sp³-hybridized carbons (Fsp3) is 0.692. The van der Waals surface area contributed by atoms with Gasteiger partial charge >= 0.3 is 0 Å². The van der Waals surface area contributed by atoms with Crippen LogP contribution in [0.3, 0.4) is 0 Å². The lowest BCUT2D eigenvalue weighted by molar-refractivity contribution is 0.379. The lowest BCUT2D eigenvalue weighted by Gasteiger charge is -2.27. The molecular formula is C13H20ClN3O. The van der Waals surface area contributed by atoms with Crippen molar-refractivity contribution in [1.29, 1.82) is 0 Å². The number of halogens is 1. The minimum Gasteiger partial charge on any atom is -0.481 e. The predicted molar refractivity (Wildman–Crippen MR) is 73.4 cm³/mol. The van der Waals surface area contributed by atoms with Gasteiger partial charge in [-0.25, -0.2) is 4.98 Å². The Kier molecular flexibility index (Phi) is 4.64. The summed E-state index contributed by atoms with van der Waals surface area (Å²) in [5, 5.41) is 3.63. The molecule has 0 spiro atoms. The van der Waals surface area contributed by atoms with Crippen molar-refractivity contribution in [1.82, 2.24) is 9.97 Å². The van der Waals surface area contributed by atoms with E-state index in [4.69, 9.17) is 16.3 Å². The summed E-state index contributed by atoms with van der Waals surface area (Å²) in [5.41, 5.74) is 0. The highest BCUT2D eigenvalue weighted by Crippen LogP contribution is 2.28. The maximum Gasteiger partial charge on any atom is 0.218 e. The molecule has 1 saturated carbocycles. The number of alkyl halides is 1. The fourth-order valence-corrected chi connectivity index (χ4v) is 2.73. The lowest BCUT2D eigenvalue weighted by atomic mass is 9.89. The van der Waals surface area contributed by atoms with Gasteiger partial charge in [0.2, 0.25) is 5.88 Å². The number of nitrogens with zero attached hydrogens (tertiary/aromatic N) is 2. The van der Waals surface area contributed by atoms with Crippen molar-refractivity contribution in [2.45, 2.75) is 38.0 Å². The van der Waals surface area contributed by atoms with Gasteiger partial charge in [0.05, 0.1) is 7.11 Å². The molecule has 2 rings (SSSR count). The summed E-state index contributed by atoms with van der Waals surface area (Å²) in [6, 6.07) is 1.82. The molecule has 2 atom stereocenters. The van der Waals surface area contributed by atoms with Crippen LogP contribution in [0.1, 0.15) is 31.5 Å². The monoisotopic (exact) mass is 269 g/mol. The Balaban J connectivity index is 1.94. The zero-order valence-corrected chi connectivity index (χ0v) is 11.7. The number of aryl methyl sites for hydroxylation is 1. The first kappa shape index (κ1) is 13.4. The van der Waals surface area contributed by atoms with E-state index in [0.717, 1.165) is 18.8 Å². The van der Waals surface area contributed by atoms with Gasteiger partial charge in [-0.2, -0.15) is 4.98 Å². The molecule has 0 radical (unpaired) electrons. The molecule has 1 fully saturated rings. The quantitative estimate of drug-likeness (QED) is 0.854. The zero-order chi connectivity index (χ0) is 13.0. The van der Waals surface area contributed by atoms with E-state index in [-0.39, 0.29) is 5.38 Å². The molecule has 100 valence electrons. The van der Waals surface area contributed by atoms with Crippen LogP contribution >= 0.6 is 11.6 Å². The molecule has 0 aliphatic heterocycles. The van der Waals surface area contributed by atoms with Gasteiger partial charge in [0, 0.05) is 18.0 Å². The van der Waals surface area contributed by atoms with E-state index in [9.17, 15) is 0 Å². The maximum absolute atomic E-state index is 6.34. The predicted octanol–water partition coefficient (Wildman–Crippen LogP) is 3.00. The van der Waals surface area contributed by atoms with Gasteiger partial charge in [-0.1, -0.05) is 12.8 Å². The summed E-state index contributed by atoms with van der Waals surface area (Å²) in [6.45, 7) is 2.73. The number of nitrogens with one attached hydrogen (secondary N) is 1. The highest BCUT2D eigenvalue weighted by atomic mass is 35.5. The molecule has 0 aromatic carbocycles. The standard InChI is InChI=1S/C13H20ClN3O/c1-9-16-12(7-13(17-9)18-2)15-8-10-5-3-4-6-11(10)14/h7,10-11H,3-6,8H2,1-2H3,(H,15,16,17). The third-order valence-corrected chi connectivity index (χ3v) is 3.96. The third kappa shape index (κ3) is 3.48. The van der Waals surface area contributed by atoms with Crippen LogP contribution in [0, 0.1) is 12.8 Å². The average Bonchev–Trinajstić information content (AvgIpc) is 2.37. The van der Waals surface area contributed by atoms with E-state index in [0.29, 0.717) is 17.6 Å². The van der Waals surface area contributed by atoms with Gasteiger partial charge in [0.15, 0.2) is 0 Å². The van der Waals surface area contributed by atoms with Gasteiger partial charge in [0.25, 0.3) is 0 Å². The molecule has 1 N–H and O–H groups in total. The molecule has 0 saturated heterocycles. The topological polar surface area (TPSA) is 47.0 Å². The summed E-state index contributed by atoms with van der Waals surface area (Å²) in [5.74, 6) is 2.65. The number of hydrogen-bond donors (Lipinski definition) is 1. The van der Waals surface area contributed by atoms with Gasteiger partial charge in [-0.3, -0.25) is 0 Å². The number of ether oxygens (including phenoxy) is 1. The van der Waals surface area contributed by atoms with Crippen molar-refractivity contribution in [2.75, 3.05) is 19.0 Å². The summed E-state index contributed by atoms with van der Waals surface area (Å²) in [7, 11) is 1.61. The Bertz CT molecular complexity index is 400. The number of rotatable bonds is 4. The zero-order valence-electron chi connectivity index (χ0n) is 10.9. The maximum atomic E-state index is 6.34. The van der Waals surface area contributed by atoms with Crippen LogP contribution in [0.4, 0.5) is 5.82 Å². The molecule has 1 aromatic heterocycles. The number of methoxy groups -OCH3 is 1. The first-order chi connectivity index (χ1) is 8.69. The van der Waals surface area contributed by atoms with E-state index in [1.54, 1.807) is 7.11 Å². The summed E-state index contributed by atoms with van der Waals surface area (Å²) in [4.78, 5) is 8.51. The van der Waals surface area contributed by atoms with Crippen LogP contribution in [0.5, 0.6) is 5.88 Å². The third-order valence-electron chi connectivity index (χ3n) is 3.39. The largest absolute Gasteiger partial charge is 0.481 e. The highest BCUT2D eigenvalue weighted by molar-refractivity contribution is 6.20. The Hall–Kier alpha value is -1.03. The van der Waals surface area contributed by atoms with Crippen LogP contribution < -0.4 is 10.1 Å². The van der Waals surface area contributed by atoms with Crippen molar-refractivity contribution in [3.63, 3.8) is 0 Å². The van der Waals surface area contributed by atoms with E-state index >= 15 is 0 Å². The molecule has 5 heteroatoms. The van der Waals surface area contributed by atoms with Crippen molar-refractivity contribution in [3.8, 4) is 5.88 Å². The fourth-order valence-electron chi connectivity index (χ4n) is 2.36. The second-order valence-corrected chi connectivity index (χ2v) is 5.34. The van der Waals surface area contributed by atoms with Crippen LogP contribution in [0.25, 0.3) is 0 Å². The molecule has 1 heterocycles. The SMILES string of the molecule is COc1cc(NCC2CCCCC2Cl)nc(C)n1. The molecule has 1 aromatic rings. The number of aromatic nitrogens is 2. The minimum absolute atomic E-state index is 0.288. The Morgan fingerprint density at radius 2 is 2.17 bits per heavy atom. The summed E-state index contributed by atoms with van der Waals surface area (Å²) >= 11 is 6.34. The van der Waals surface area contributed by atoms with Crippen LogP contribution in [-0.4, -0.2) is 29.0 Å². The normalized spacial score (nSPS) is 23.7. The molecular weight excluding hydrogens is 250 g/mol. The summed E-state index contributed by atoms with van der Waals surface area (Å²) in [6.07, 6.45) is 4.86. The molecule has 1 aliphatic carbocycles. The Morgan fingerprint density at radius 3 is 2.89 bits per heavy atom. The number of hydrogen-bond acceptors (Lipinski definition) is 4. The van der Waals surface area contributed by atoms with Gasteiger partial charge in [0.1, 0.15) is 11.6 Å². The first-order valence-electron chi connectivity index (χ1n) is 6.46. The van der Waals surface area contributed by atoms with E-state index in [1.165, 1.54) is 19.3 Å². The van der Waals surface area contributed by atoms with Crippen molar-refractivity contribution in [2.24, 2.45) is 5.92 Å².